The second-order valence-electron chi connectivity index (χ2n) is 4.91. The summed E-state index contributed by atoms with van der Waals surface area (Å²) in [4.78, 5) is 0. The molecule has 1 rings (SSSR count). The minimum atomic E-state index is 0.164. The SMILES string of the molecule is CCNC(COC(C)C)c1c(Br)cnn1C(C)C. The average Bonchev–Trinajstić information content (AvgIpc) is 2.66. The van der Waals surface area contributed by atoms with E-state index in [1.807, 2.05) is 10.9 Å². The van der Waals surface area contributed by atoms with Crippen LogP contribution in [0.3, 0.4) is 0 Å². The molecule has 0 aromatic carbocycles. The zero-order chi connectivity index (χ0) is 13.7. The van der Waals surface area contributed by atoms with Gasteiger partial charge in [0.15, 0.2) is 0 Å². The molecule has 0 amide bonds. The van der Waals surface area contributed by atoms with E-state index >= 15 is 0 Å². The highest BCUT2D eigenvalue weighted by Crippen LogP contribution is 2.26. The van der Waals surface area contributed by atoms with E-state index in [4.69, 9.17) is 4.74 Å². The minimum Gasteiger partial charge on any atom is -0.377 e. The Balaban J connectivity index is 2.93. The number of halogens is 1. The summed E-state index contributed by atoms with van der Waals surface area (Å²) in [6.07, 6.45) is 2.09. The topological polar surface area (TPSA) is 39.1 Å². The zero-order valence-corrected chi connectivity index (χ0v) is 13.5. The van der Waals surface area contributed by atoms with Crippen molar-refractivity contribution < 1.29 is 4.74 Å². The summed E-state index contributed by atoms with van der Waals surface area (Å²) in [6.45, 7) is 12.0. The number of likely N-dealkylation sites (N-methyl/N-ethyl adjacent to an activating group) is 1. The second-order valence-corrected chi connectivity index (χ2v) is 5.76. The van der Waals surface area contributed by atoms with Crippen LogP contribution in [0.25, 0.3) is 0 Å². The standard InChI is InChI=1S/C13H24BrN3O/c1-6-15-12(8-18-10(4)5)13-11(14)7-16-17(13)9(2)3/h7,9-10,12,15H,6,8H2,1-5H3. The van der Waals surface area contributed by atoms with Gasteiger partial charge in [-0.05, 0) is 50.2 Å². The van der Waals surface area contributed by atoms with Crippen LogP contribution in [0.5, 0.6) is 0 Å². The highest BCUT2D eigenvalue weighted by molar-refractivity contribution is 9.10. The summed E-state index contributed by atoms with van der Waals surface area (Å²) in [5.74, 6) is 0. The van der Waals surface area contributed by atoms with E-state index in [0.717, 1.165) is 16.7 Å². The molecule has 1 unspecified atom stereocenters. The lowest BCUT2D eigenvalue weighted by molar-refractivity contribution is 0.0593. The smallest absolute Gasteiger partial charge is 0.0741 e. The monoisotopic (exact) mass is 317 g/mol. The highest BCUT2D eigenvalue weighted by atomic mass is 79.9. The Bertz CT molecular complexity index is 363. The van der Waals surface area contributed by atoms with Crippen LogP contribution in [0.4, 0.5) is 0 Å². The Morgan fingerprint density at radius 1 is 1.39 bits per heavy atom. The van der Waals surface area contributed by atoms with Gasteiger partial charge in [0.05, 0.1) is 35.1 Å². The van der Waals surface area contributed by atoms with Gasteiger partial charge in [0.2, 0.25) is 0 Å². The molecule has 4 nitrogen and oxygen atoms in total. The lowest BCUT2D eigenvalue weighted by Gasteiger charge is -2.22. The number of nitrogens with zero attached hydrogens (tertiary/aromatic N) is 2. The third kappa shape index (κ3) is 4.07. The van der Waals surface area contributed by atoms with Crippen molar-refractivity contribution in [1.82, 2.24) is 15.1 Å². The molecule has 1 aromatic heterocycles. The van der Waals surface area contributed by atoms with E-state index in [-0.39, 0.29) is 12.1 Å². The fraction of sp³-hybridized carbons (Fsp3) is 0.769. The summed E-state index contributed by atoms with van der Waals surface area (Å²) >= 11 is 3.58. The first-order valence-corrected chi connectivity index (χ1v) is 7.34. The fourth-order valence-corrected chi connectivity index (χ4v) is 2.41. The van der Waals surface area contributed by atoms with Gasteiger partial charge in [-0.1, -0.05) is 6.92 Å². The predicted molar refractivity (Wildman–Crippen MR) is 77.8 cm³/mol. The third-order valence-electron chi connectivity index (χ3n) is 2.65. The van der Waals surface area contributed by atoms with Gasteiger partial charge in [0.25, 0.3) is 0 Å². The molecule has 1 heterocycles. The molecular weight excluding hydrogens is 294 g/mol. The van der Waals surface area contributed by atoms with Crippen molar-refractivity contribution >= 4 is 15.9 Å². The summed E-state index contributed by atoms with van der Waals surface area (Å²) < 4.78 is 8.82. The maximum atomic E-state index is 5.75. The van der Waals surface area contributed by atoms with Crippen LogP contribution in [0.15, 0.2) is 10.7 Å². The van der Waals surface area contributed by atoms with E-state index in [2.05, 4.69) is 61.0 Å². The normalized spacial score (nSPS) is 13.6. The van der Waals surface area contributed by atoms with Crippen molar-refractivity contribution in [2.75, 3.05) is 13.2 Å². The Morgan fingerprint density at radius 3 is 2.56 bits per heavy atom. The molecule has 1 atom stereocenters. The van der Waals surface area contributed by atoms with E-state index in [1.165, 1.54) is 0 Å². The lowest BCUT2D eigenvalue weighted by Crippen LogP contribution is -2.29. The van der Waals surface area contributed by atoms with Crippen LogP contribution in [0, 0.1) is 0 Å². The lowest BCUT2D eigenvalue weighted by atomic mass is 10.2. The van der Waals surface area contributed by atoms with Gasteiger partial charge < -0.3 is 10.1 Å². The molecule has 5 heteroatoms. The molecule has 0 saturated carbocycles. The van der Waals surface area contributed by atoms with Gasteiger partial charge in [0, 0.05) is 6.04 Å². The van der Waals surface area contributed by atoms with Gasteiger partial charge >= 0.3 is 0 Å². The Kier molecular flexibility index (Phi) is 6.32. The van der Waals surface area contributed by atoms with E-state index < -0.39 is 0 Å². The molecule has 18 heavy (non-hydrogen) atoms. The summed E-state index contributed by atoms with van der Waals surface area (Å²) in [5, 5.41) is 7.88. The van der Waals surface area contributed by atoms with Crippen LogP contribution in [-0.2, 0) is 4.74 Å². The summed E-state index contributed by atoms with van der Waals surface area (Å²) in [7, 11) is 0. The van der Waals surface area contributed by atoms with Crippen molar-refractivity contribution in [3.8, 4) is 0 Å². The third-order valence-corrected chi connectivity index (χ3v) is 3.26. The fourth-order valence-electron chi connectivity index (χ4n) is 1.86. The van der Waals surface area contributed by atoms with Crippen molar-refractivity contribution in [3.63, 3.8) is 0 Å². The van der Waals surface area contributed by atoms with Crippen molar-refractivity contribution in [1.29, 1.82) is 0 Å². The largest absolute Gasteiger partial charge is 0.377 e. The molecule has 0 radical (unpaired) electrons. The maximum absolute atomic E-state index is 5.75. The minimum absolute atomic E-state index is 0.164. The first kappa shape index (κ1) is 15.7. The molecule has 0 aliphatic heterocycles. The van der Waals surface area contributed by atoms with Gasteiger partial charge in [0.1, 0.15) is 0 Å². The van der Waals surface area contributed by atoms with Gasteiger partial charge in [-0.2, -0.15) is 5.10 Å². The quantitative estimate of drug-likeness (QED) is 0.838. The van der Waals surface area contributed by atoms with Crippen LogP contribution >= 0.6 is 15.9 Å². The zero-order valence-electron chi connectivity index (χ0n) is 11.9. The van der Waals surface area contributed by atoms with E-state index in [9.17, 15) is 0 Å². The number of aromatic nitrogens is 2. The van der Waals surface area contributed by atoms with Crippen LogP contribution in [0.2, 0.25) is 0 Å². The Morgan fingerprint density at radius 2 is 2.06 bits per heavy atom. The van der Waals surface area contributed by atoms with E-state index in [1.54, 1.807) is 0 Å². The highest BCUT2D eigenvalue weighted by Gasteiger charge is 2.21. The van der Waals surface area contributed by atoms with E-state index in [0.29, 0.717) is 12.6 Å². The molecule has 104 valence electrons. The number of ether oxygens (including phenoxy) is 1. The Labute approximate surface area is 118 Å². The maximum Gasteiger partial charge on any atom is 0.0741 e. The molecule has 0 saturated heterocycles. The molecule has 1 N–H and O–H groups in total. The average molecular weight is 318 g/mol. The van der Waals surface area contributed by atoms with Gasteiger partial charge in [-0.15, -0.1) is 0 Å². The summed E-state index contributed by atoms with van der Waals surface area (Å²) in [5.41, 5.74) is 1.16. The molecule has 1 aromatic rings. The number of nitrogens with one attached hydrogen (secondary N) is 1. The van der Waals surface area contributed by atoms with Crippen LogP contribution in [0.1, 0.15) is 52.4 Å². The first-order chi connectivity index (χ1) is 8.47. The molecule has 0 bridgehead atoms. The Hall–Kier alpha value is -0.390. The number of hydrogen-bond acceptors (Lipinski definition) is 3. The van der Waals surface area contributed by atoms with Crippen molar-refractivity contribution in [2.45, 2.75) is 52.8 Å². The van der Waals surface area contributed by atoms with Crippen LogP contribution in [-0.4, -0.2) is 29.0 Å². The van der Waals surface area contributed by atoms with Crippen molar-refractivity contribution in [2.24, 2.45) is 0 Å². The molecule has 0 aliphatic rings. The number of rotatable bonds is 7. The second kappa shape index (κ2) is 7.26. The van der Waals surface area contributed by atoms with Gasteiger partial charge in [-0.25, -0.2) is 0 Å². The number of hydrogen-bond donors (Lipinski definition) is 1. The first-order valence-electron chi connectivity index (χ1n) is 6.55. The molecule has 0 spiro atoms. The summed E-state index contributed by atoms with van der Waals surface area (Å²) in [6, 6.07) is 0.503. The molecule has 0 fully saturated rings. The predicted octanol–water partition coefficient (Wildman–Crippen LogP) is 3.30. The van der Waals surface area contributed by atoms with Gasteiger partial charge in [-0.3, -0.25) is 4.68 Å². The van der Waals surface area contributed by atoms with Crippen LogP contribution < -0.4 is 5.32 Å². The van der Waals surface area contributed by atoms with Crippen molar-refractivity contribution in [3.05, 3.63) is 16.4 Å². The molecular formula is C13H24BrN3O. The molecule has 0 aliphatic carbocycles.